The van der Waals surface area contributed by atoms with Crippen molar-refractivity contribution in [3.8, 4) is 0 Å². The van der Waals surface area contributed by atoms with Crippen LogP contribution >= 0.6 is 0 Å². The Morgan fingerprint density at radius 1 is 1.58 bits per heavy atom. The van der Waals surface area contributed by atoms with Gasteiger partial charge in [0.05, 0.1) is 0 Å². The monoisotopic (exact) mass is 265 g/mol. The lowest BCUT2D eigenvalue weighted by Gasteiger charge is -2.24. The molecular formula is C14H20FN3O. The summed E-state index contributed by atoms with van der Waals surface area (Å²) < 4.78 is 13.9. The Labute approximate surface area is 112 Å². The van der Waals surface area contributed by atoms with Crippen LogP contribution in [0.15, 0.2) is 18.2 Å². The number of amides is 1. The molecule has 0 aliphatic carbocycles. The molecule has 0 aromatic heterocycles. The van der Waals surface area contributed by atoms with Crippen LogP contribution in [0.25, 0.3) is 0 Å². The van der Waals surface area contributed by atoms with Crippen LogP contribution in [-0.2, 0) is 4.79 Å². The second-order valence-corrected chi connectivity index (χ2v) is 5.09. The van der Waals surface area contributed by atoms with Crippen molar-refractivity contribution in [3.63, 3.8) is 0 Å². The second kappa shape index (κ2) is 5.57. The number of rotatable bonds is 3. The van der Waals surface area contributed by atoms with E-state index in [1.807, 2.05) is 6.07 Å². The van der Waals surface area contributed by atoms with Gasteiger partial charge in [0, 0.05) is 43.3 Å². The maximum Gasteiger partial charge on any atom is 0.217 e. The molecule has 2 unspecified atom stereocenters. The molecule has 1 aliphatic heterocycles. The average molecular weight is 265 g/mol. The zero-order valence-electron chi connectivity index (χ0n) is 11.3. The Balaban J connectivity index is 2.20. The normalized spacial score (nSPS) is 20.4. The minimum absolute atomic E-state index is 0.0292. The third-order valence-electron chi connectivity index (χ3n) is 3.42. The smallest absolute Gasteiger partial charge is 0.217 e. The van der Waals surface area contributed by atoms with Crippen molar-refractivity contribution >= 4 is 11.6 Å². The van der Waals surface area contributed by atoms with Crippen LogP contribution in [0, 0.1) is 5.82 Å². The van der Waals surface area contributed by atoms with Crippen molar-refractivity contribution in [1.82, 2.24) is 5.32 Å². The summed E-state index contributed by atoms with van der Waals surface area (Å²) in [6, 6.07) is 4.79. The summed E-state index contributed by atoms with van der Waals surface area (Å²) in [6.45, 7) is 4.79. The summed E-state index contributed by atoms with van der Waals surface area (Å²) in [4.78, 5) is 13.1. The van der Waals surface area contributed by atoms with Gasteiger partial charge in [0.1, 0.15) is 5.82 Å². The zero-order chi connectivity index (χ0) is 14.0. The lowest BCUT2D eigenvalue weighted by atomic mass is 10.1. The highest BCUT2D eigenvalue weighted by atomic mass is 19.1. The molecular weight excluding hydrogens is 245 g/mol. The van der Waals surface area contributed by atoms with E-state index >= 15 is 0 Å². The molecule has 1 fully saturated rings. The number of nitrogens with zero attached hydrogens (tertiary/aromatic N) is 1. The minimum atomic E-state index is -0.351. The Morgan fingerprint density at radius 2 is 2.32 bits per heavy atom. The fourth-order valence-electron chi connectivity index (χ4n) is 2.64. The summed E-state index contributed by atoms with van der Waals surface area (Å²) >= 11 is 0. The first-order valence-electron chi connectivity index (χ1n) is 6.55. The van der Waals surface area contributed by atoms with E-state index in [1.165, 1.54) is 13.0 Å². The minimum Gasteiger partial charge on any atom is -0.369 e. The second-order valence-electron chi connectivity index (χ2n) is 5.09. The molecule has 1 aromatic carbocycles. The van der Waals surface area contributed by atoms with Crippen molar-refractivity contribution < 1.29 is 9.18 Å². The van der Waals surface area contributed by atoms with Gasteiger partial charge >= 0.3 is 0 Å². The van der Waals surface area contributed by atoms with Gasteiger partial charge in [-0.3, -0.25) is 4.79 Å². The summed E-state index contributed by atoms with van der Waals surface area (Å²) in [5.41, 5.74) is 7.25. The molecule has 0 spiro atoms. The van der Waals surface area contributed by atoms with Gasteiger partial charge in [0.15, 0.2) is 0 Å². The van der Waals surface area contributed by atoms with Crippen LogP contribution in [-0.4, -0.2) is 25.0 Å². The number of halogens is 1. The van der Waals surface area contributed by atoms with Gasteiger partial charge in [-0.1, -0.05) is 6.07 Å². The third-order valence-corrected chi connectivity index (χ3v) is 3.42. The van der Waals surface area contributed by atoms with Gasteiger partial charge in [0.2, 0.25) is 5.91 Å². The Bertz CT molecular complexity index is 476. The molecule has 1 amide bonds. The van der Waals surface area contributed by atoms with E-state index in [9.17, 15) is 9.18 Å². The largest absolute Gasteiger partial charge is 0.369 e. The standard InChI is InChI=1S/C14H20FN3O/c1-9(16)14-12(15)4-3-5-13(14)18-7-6-11(8-18)17-10(2)19/h3-5,9,11H,6-8,16H2,1-2H3,(H,17,19). The molecule has 1 aliphatic rings. The van der Waals surface area contributed by atoms with Crippen molar-refractivity contribution in [3.05, 3.63) is 29.6 Å². The summed E-state index contributed by atoms with van der Waals surface area (Å²) in [7, 11) is 0. The van der Waals surface area contributed by atoms with E-state index in [0.717, 1.165) is 18.7 Å². The maximum atomic E-state index is 13.9. The molecule has 104 valence electrons. The molecule has 1 saturated heterocycles. The number of hydrogen-bond acceptors (Lipinski definition) is 3. The molecule has 19 heavy (non-hydrogen) atoms. The molecule has 0 saturated carbocycles. The van der Waals surface area contributed by atoms with E-state index in [0.29, 0.717) is 12.1 Å². The number of carbonyl (C=O) groups excluding carboxylic acids is 1. The Hall–Kier alpha value is -1.62. The average Bonchev–Trinajstić information content (AvgIpc) is 2.75. The fraction of sp³-hybridized carbons (Fsp3) is 0.500. The molecule has 2 rings (SSSR count). The zero-order valence-corrected chi connectivity index (χ0v) is 11.3. The predicted molar refractivity (Wildman–Crippen MR) is 73.4 cm³/mol. The molecule has 3 N–H and O–H groups in total. The van der Waals surface area contributed by atoms with E-state index in [-0.39, 0.29) is 23.8 Å². The Morgan fingerprint density at radius 3 is 2.95 bits per heavy atom. The van der Waals surface area contributed by atoms with Gasteiger partial charge in [-0.15, -0.1) is 0 Å². The predicted octanol–water partition coefficient (Wildman–Crippen LogP) is 1.56. The van der Waals surface area contributed by atoms with Crippen LogP contribution in [0.4, 0.5) is 10.1 Å². The molecule has 1 aromatic rings. The number of hydrogen-bond donors (Lipinski definition) is 2. The number of carbonyl (C=O) groups is 1. The quantitative estimate of drug-likeness (QED) is 0.872. The number of anilines is 1. The number of benzene rings is 1. The Kier molecular flexibility index (Phi) is 4.04. The van der Waals surface area contributed by atoms with E-state index in [4.69, 9.17) is 5.73 Å². The highest BCUT2D eigenvalue weighted by molar-refractivity contribution is 5.73. The molecule has 2 atom stereocenters. The van der Waals surface area contributed by atoms with Crippen molar-refractivity contribution in [2.75, 3.05) is 18.0 Å². The molecule has 4 nitrogen and oxygen atoms in total. The van der Waals surface area contributed by atoms with Gasteiger partial charge in [-0.2, -0.15) is 0 Å². The van der Waals surface area contributed by atoms with Crippen molar-refractivity contribution in [1.29, 1.82) is 0 Å². The first-order chi connectivity index (χ1) is 8.99. The molecule has 5 heteroatoms. The number of nitrogens with two attached hydrogens (primary N) is 1. The van der Waals surface area contributed by atoms with Gasteiger partial charge in [-0.25, -0.2) is 4.39 Å². The van der Waals surface area contributed by atoms with Gasteiger partial charge < -0.3 is 16.0 Å². The van der Waals surface area contributed by atoms with Crippen LogP contribution in [0.5, 0.6) is 0 Å². The van der Waals surface area contributed by atoms with Crippen LogP contribution in [0.1, 0.15) is 31.9 Å². The topological polar surface area (TPSA) is 58.4 Å². The van der Waals surface area contributed by atoms with Crippen molar-refractivity contribution in [2.45, 2.75) is 32.4 Å². The third kappa shape index (κ3) is 3.04. The molecule has 0 bridgehead atoms. The fourth-order valence-corrected chi connectivity index (χ4v) is 2.64. The van der Waals surface area contributed by atoms with E-state index in [2.05, 4.69) is 10.2 Å². The first-order valence-corrected chi connectivity index (χ1v) is 6.55. The highest BCUT2D eigenvalue weighted by Crippen LogP contribution is 2.30. The lowest BCUT2D eigenvalue weighted by Crippen LogP contribution is -2.35. The van der Waals surface area contributed by atoms with E-state index in [1.54, 1.807) is 13.0 Å². The highest BCUT2D eigenvalue weighted by Gasteiger charge is 2.26. The van der Waals surface area contributed by atoms with Crippen LogP contribution < -0.4 is 16.0 Å². The van der Waals surface area contributed by atoms with Crippen molar-refractivity contribution in [2.24, 2.45) is 5.73 Å². The number of nitrogens with one attached hydrogen (secondary N) is 1. The summed E-state index contributed by atoms with van der Waals surface area (Å²) in [5, 5.41) is 2.90. The van der Waals surface area contributed by atoms with Crippen LogP contribution in [0.3, 0.4) is 0 Å². The summed E-state index contributed by atoms with van der Waals surface area (Å²) in [6.07, 6.45) is 0.870. The SMILES string of the molecule is CC(=O)NC1CCN(c2cccc(F)c2C(C)N)C1. The van der Waals surface area contributed by atoms with Gasteiger partial charge in [0.25, 0.3) is 0 Å². The molecule has 1 heterocycles. The molecule has 0 radical (unpaired) electrons. The maximum absolute atomic E-state index is 13.9. The lowest BCUT2D eigenvalue weighted by molar-refractivity contribution is -0.119. The summed E-state index contributed by atoms with van der Waals surface area (Å²) in [5.74, 6) is -0.297. The van der Waals surface area contributed by atoms with Gasteiger partial charge in [-0.05, 0) is 25.5 Å². The first kappa shape index (κ1) is 13.8. The van der Waals surface area contributed by atoms with E-state index < -0.39 is 0 Å². The van der Waals surface area contributed by atoms with Crippen LogP contribution in [0.2, 0.25) is 0 Å².